The number of rotatable bonds is 3. The van der Waals surface area contributed by atoms with Crippen molar-refractivity contribution in [3.63, 3.8) is 0 Å². The summed E-state index contributed by atoms with van der Waals surface area (Å²) in [6.07, 6.45) is -6.71. The van der Waals surface area contributed by atoms with E-state index in [0.29, 0.717) is 0 Å². The highest BCUT2D eigenvalue weighted by Gasteiger charge is 2.33. The van der Waals surface area contributed by atoms with Gasteiger partial charge in [-0.2, -0.15) is 13.2 Å². The number of halogens is 3. The van der Waals surface area contributed by atoms with Crippen molar-refractivity contribution in [3.8, 4) is 0 Å². The highest BCUT2D eigenvalue weighted by atomic mass is 19.4. The Balaban J connectivity index is 4.18. The van der Waals surface area contributed by atoms with Gasteiger partial charge in [0.15, 0.2) is 0 Å². The number of aliphatic hydroxyl groups excluding tert-OH is 1. The van der Waals surface area contributed by atoms with Gasteiger partial charge in [-0.3, -0.25) is 0 Å². The lowest BCUT2D eigenvalue weighted by Crippen LogP contribution is -2.43. The van der Waals surface area contributed by atoms with Crippen molar-refractivity contribution >= 4 is 6.09 Å². The first-order valence-corrected chi connectivity index (χ1v) is 4.70. The van der Waals surface area contributed by atoms with Crippen LogP contribution < -0.4 is 5.32 Å². The molecule has 7 heteroatoms. The van der Waals surface area contributed by atoms with Gasteiger partial charge in [0, 0.05) is 0 Å². The van der Waals surface area contributed by atoms with E-state index in [1.165, 1.54) is 0 Å². The van der Waals surface area contributed by atoms with Crippen LogP contribution in [0.25, 0.3) is 0 Å². The van der Waals surface area contributed by atoms with E-state index in [-0.39, 0.29) is 0 Å². The van der Waals surface area contributed by atoms with Crippen LogP contribution >= 0.6 is 0 Å². The molecule has 2 N–H and O–H groups in total. The summed E-state index contributed by atoms with van der Waals surface area (Å²) in [7, 11) is 0. The lowest BCUT2D eigenvalue weighted by Gasteiger charge is -2.23. The van der Waals surface area contributed by atoms with Crippen LogP contribution in [-0.4, -0.2) is 35.6 Å². The summed E-state index contributed by atoms with van der Waals surface area (Å²) in [6, 6.07) is -1.38. The molecule has 0 aliphatic carbocycles. The van der Waals surface area contributed by atoms with Gasteiger partial charge in [0.05, 0.1) is 19.1 Å². The van der Waals surface area contributed by atoms with Crippen LogP contribution in [0.4, 0.5) is 18.0 Å². The number of alkyl halides is 3. The normalized spacial score (nSPS) is 14.4. The SMILES string of the molecule is CC(C)(C)OC(=O)N[C@@H](CO)CC(F)(F)F. The number of ether oxygens (including phenoxy) is 1. The molecule has 16 heavy (non-hydrogen) atoms. The van der Waals surface area contributed by atoms with E-state index in [1.54, 1.807) is 20.8 Å². The third-order valence-corrected chi connectivity index (χ3v) is 1.42. The molecule has 0 heterocycles. The summed E-state index contributed by atoms with van der Waals surface area (Å²) in [6.45, 7) is 3.97. The molecule has 0 aliphatic rings. The van der Waals surface area contributed by atoms with Gasteiger partial charge in [-0.15, -0.1) is 0 Å². The van der Waals surface area contributed by atoms with Crippen molar-refractivity contribution in [1.82, 2.24) is 5.32 Å². The van der Waals surface area contributed by atoms with Gasteiger partial charge in [-0.25, -0.2) is 4.79 Å². The summed E-state index contributed by atoms with van der Waals surface area (Å²) in [4.78, 5) is 11.1. The van der Waals surface area contributed by atoms with Crippen LogP contribution in [0, 0.1) is 0 Å². The number of amides is 1. The number of alkyl carbamates (subject to hydrolysis) is 1. The average Bonchev–Trinajstić information content (AvgIpc) is 1.96. The molecular weight excluding hydrogens is 227 g/mol. The van der Waals surface area contributed by atoms with E-state index in [1.807, 2.05) is 5.32 Å². The quantitative estimate of drug-likeness (QED) is 0.795. The van der Waals surface area contributed by atoms with Gasteiger partial charge in [0.25, 0.3) is 0 Å². The van der Waals surface area contributed by atoms with Crippen molar-refractivity contribution < 1.29 is 27.8 Å². The molecule has 0 saturated heterocycles. The maximum atomic E-state index is 12.0. The van der Waals surface area contributed by atoms with Crippen molar-refractivity contribution in [3.05, 3.63) is 0 Å². The van der Waals surface area contributed by atoms with E-state index in [4.69, 9.17) is 9.84 Å². The molecule has 0 fully saturated rings. The van der Waals surface area contributed by atoms with Crippen molar-refractivity contribution in [2.45, 2.75) is 45.0 Å². The number of carbonyl (C=O) groups is 1. The Labute approximate surface area is 91.8 Å². The fourth-order valence-electron chi connectivity index (χ4n) is 0.915. The molecular formula is C9H16F3NO3. The van der Waals surface area contributed by atoms with E-state index in [0.717, 1.165) is 0 Å². The van der Waals surface area contributed by atoms with Gasteiger partial charge in [-0.05, 0) is 20.8 Å². The predicted molar refractivity (Wildman–Crippen MR) is 50.9 cm³/mol. The molecule has 0 rings (SSSR count). The van der Waals surface area contributed by atoms with Gasteiger partial charge in [0.1, 0.15) is 5.60 Å². The fraction of sp³-hybridized carbons (Fsp3) is 0.889. The summed E-state index contributed by atoms with van der Waals surface area (Å²) < 4.78 is 40.7. The van der Waals surface area contributed by atoms with Gasteiger partial charge >= 0.3 is 12.3 Å². The minimum absolute atomic E-state index is 0.789. The first-order chi connectivity index (χ1) is 7.03. The van der Waals surface area contributed by atoms with Crippen LogP contribution in [0.3, 0.4) is 0 Å². The Kier molecular flexibility index (Phi) is 5.05. The van der Waals surface area contributed by atoms with Crippen LogP contribution in [0.5, 0.6) is 0 Å². The predicted octanol–water partition coefficient (Wildman–Crippen LogP) is 1.82. The molecule has 0 aliphatic heterocycles. The maximum absolute atomic E-state index is 12.0. The first kappa shape index (κ1) is 15.0. The summed E-state index contributed by atoms with van der Waals surface area (Å²) >= 11 is 0. The molecule has 0 spiro atoms. The summed E-state index contributed by atoms with van der Waals surface area (Å²) in [5, 5.41) is 10.6. The third kappa shape index (κ3) is 8.34. The Hall–Kier alpha value is -0.980. The molecule has 0 aromatic heterocycles. The number of hydrogen-bond donors (Lipinski definition) is 2. The monoisotopic (exact) mass is 243 g/mol. The number of hydrogen-bond acceptors (Lipinski definition) is 3. The Morgan fingerprint density at radius 2 is 1.88 bits per heavy atom. The van der Waals surface area contributed by atoms with Crippen molar-refractivity contribution in [1.29, 1.82) is 0 Å². The molecule has 1 atom stereocenters. The second kappa shape index (κ2) is 5.38. The van der Waals surface area contributed by atoms with Crippen LogP contribution in [0.1, 0.15) is 27.2 Å². The van der Waals surface area contributed by atoms with Crippen LogP contribution in [0.2, 0.25) is 0 Å². The van der Waals surface area contributed by atoms with E-state index in [2.05, 4.69) is 0 Å². The Morgan fingerprint density at radius 1 is 1.38 bits per heavy atom. The largest absolute Gasteiger partial charge is 0.444 e. The molecule has 96 valence electrons. The summed E-state index contributed by atoms with van der Waals surface area (Å²) in [5.41, 5.74) is -0.789. The van der Waals surface area contributed by atoms with Gasteiger partial charge in [0.2, 0.25) is 0 Å². The fourth-order valence-corrected chi connectivity index (χ4v) is 0.915. The van der Waals surface area contributed by atoms with E-state index in [9.17, 15) is 18.0 Å². The Bertz CT molecular complexity index is 235. The van der Waals surface area contributed by atoms with Crippen LogP contribution in [0.15, 0.2) is 0 Å². The van der Waals surface area contributed by atoms with Gasteiger partial charge in [-0.1, -0.05) is 0 Å². The Morgan fingerprint density at radius 3 is 2.19 bits per heavy atom. The average molecular weight is 243 g/mol. The minimum Gasteiger partial charge on any atom is -0.444 e. The third-order valence-electron chi connectivity index (χ3n) is 1.42. The maximum Gasteiger partial charge on any atom is 0.407 e. The molecule has 4 nitrogen and oxygen atoms in total. The number of nitrogens with one attached hydrogen (secondary N) is 1. The standard InChI is InChI=1S/C9H16F3NO3/c1-8(2,3)16-7(15)13-6(5-14)4-9(10,11)12/h6,14H,4-5H2,1-3H3,(H,13,15)/t6-/m1/s1. The smallest absolute Gasteiger partial charge is 0.407 e. The highest BCUT2D eigenvalue weighted by molar-refractivity contribution is 5.68. The lowest BCUT2D eigenvalue weighted by molar-refractivity contribution is -0.141. The second-order valence-corrected chi connectivity index (χ2v) is 4.35. The lowest BCUT2D eigenvalue weighted by atomic mass is 10.2. The zero-order valence-corrected chi connectivity index (χ0v) is 9.39. The number of aliphatic hydroxyl groups is 1. The van der Waals surface area contributed by atoms with Crippen molar-refractivity contribution in [2.24, 2.45) is 0 Å². The van der Waals surface area contributed by atoms with Gasteiger partial charge < -0.3 is 15.2 Å². The van der Waals surface area contributed by atoms with Crippen molar-refractivity contribution in [2.75, 3.05) is 6.61 Å². The molecule has 0 radical (unpaired) electrons. The molecule has 0 aromatic carbocycles. The molecule has 0 aromatic rings. The first-order valence-electron chi connectivity index (χ1n) is 4.70. The zero-order valence-electron chi connectivity index (χ0n) is 9.39. The number of carbonyl (C=O) groups excluding carboxylic acids is 1. The highest BCUT2D eigenvalue weighted by Crippen LogP contribution is 2.21. The molecule has 0 unspecified atom stereocenters. The second-order valence-electron chi connectivity index (χ2n) is 4.35. The zero-order chi connectivity index (χ0) is 13.0. The molecule has 0 saturated carbocycles. The topological polar surface area (TPSA) is 58.6 Å². The van der Waals surface area contributed by atoms with Crippen LogP contribution in [-0.2, 0) is 4.74 Å². The van der Waals surface area contributed by atoms with E-state index >= 15 is 0 Å². The summed E-state index contributed by atoms with van der Waals surface area (Å²) in [5.74, 6) is 0. The van der Waals surface area contributed by atoms with E-state index < -0.39 is 36.9 Å². The minimum atomic E-state index is -4.44. The molecule has 1 amide bonds. The molecule has 0 bridgehead atoms.